The van der Waals surface area contributed by atoms with E-state index >= 15 is 0 Å². The summed E-state index contributed by atoms with van der Waals surface area (Å²) in [6.45, 7) is 7.26. The Morgan fingerprint density at radius 2 is 1.89 bits per heavy atom. The fourth-order valence-electron chi connectivity index (χ4n) is 2.28. The van der Waals surface area contributed by atoms with E-state index in [1.165, 1.54) is 5.56 Å². The Bertz CT molecular complexity index is 393. The SMILES string of the molecule is CCc1ccc(C(=O)C(C)N2CCOCC2)cc1. The molecule has 0 radical (unpaired) electrons. The van der Waals surface area contributed by atoms with Crippen molar-refractivity contribution in [2.45, 2.75) is 26.3 Å². The second-order valence-electron chi connectivity index (χ2n) is 4.74. The number of ketones is 1. The lowest BCUT2D eigenvalue weighted by atomic mass is 10.0. The van der Waals surface area contributed by atoms with Crippen molar-refractivity contribution in [1.82, 2.24) is 4.90 Å². The van der Waals surface area contributed by atoms with Crippen molar-refractivity contribution >= 4 is 5.78 Å². The summed E-state index contributed by atoms with van der Waals surface area (Å²) in [5.41, 5.74) is 2.08. The highest BCUT2D eigenvalue weighted by atomic mass is 16.5. The Morgan fingerprint density at radius 1 is 1.28 bits per heavy atom. The van der Waals surface area contributed by atoms with Gasteiger partial charge in [0.25, 0.3) is 0 Å². The molecule has 1 aromatic carbocycles. The second kappa shape index (κ2) is 6.12. The molecule has 0 aromatic heterocycles. The molecule has 0 bridgehead atoms. The van der Waals surface area contributed by atoms with Crippen LogP contribution < -0.4 is 0 Å². The van der Waals surface area contributed by atoms with Gasteiger partial charge in [-0.15, -0.1) is 0 Å². The van der Waals surface area contributed by atoms with Crippen LogP contribution in [0.3, 0.4) is 0 Å². The summed E-state index contributed by atoms with van der Waals surface area (Å²) in [6, 6.07) is 7.91. The minimum Gasteiger partial charge on any atom is -0.379 e. The van der Waals surface area contributed by atoms with Gasteiger partial charge in [-0.3, -0.25) is 9.69 Å². The lowest BCUT2D eigenvalue weighted by Crippen LogP contribution is -2.45. The van der Waals surface area contributed by atoms with E-state index in [0.29, 0.717) is 0 Å². The molecule has 1 fully saturated rings. The number of ether oxygens (including phenoxy) is 1. The van der Waals surface area contributed by atoms with Crippen molar-refractivity contribution < 1.29 is 9.53 Å². The summed E-state index contributed by atoms with van der Waals surface area (Å²) in [4.78, 5) is 14.6. The molecule has 1 atom stereocenters. The monoisotopic (exact) mass is 247 g/mol. The molecule has 0 spiro atoms. The fourth-order valence-corrected chi connectivity index (χ4v) is 2.28. The molecule has 0 N–H and O–H groups in total. The van der Waals surface area contributed by atoms with Crippen LogP contribution in [0.25, 0.3) is 0 Å². The first kappa shape index (κ1) is 13.2. The van der Waals surface area contributed by atoms with Crippen LogP contribution in [0.4, 0.5) is 0 Å². The van der Waals surface area contributed by atoms with Gasteiger partial charge >= 0.3 is 0 Å². The van der Waals surface area contributed by atoms with Crippen molar-refractivity contribution in [3.05, 3.63) is 35.4 Å². The maximum absolute atomic E-state index is 12.4. The van der Waals surface area contributed by atoms with Crippen molar-refractivity contribution in [3.63, 3.8) is 0 Å². The summed E-state index contributed by atoms with van der Waals surface area (Å²) in [6.07, 6.45) is 1.01. The fraction of sp³-hybridized carbons (Fsp3) is 0.533. The molecule has 3 nitrogen and oxygen atoms in total. The van der Waals surface area contributed by atoms with Crippen LogP contribution in [0.2, 0.25) is 0 Å². The topological polar surface area (TPSA) is 29.5 Å². The third-order valence-corrected chi connectivity index (χ3v) is 3.62. The summed E-state index contributed by atoms with van der Waals surface area (Å²) in [5.74, 6) is 0.208. The lowest BCUT2D eigenvalue weighted by Gasteiger charge is -2.31. The zero-order chi connectivity index (χ0) is 13.0. The highest BCUT2D eigenvalue weighted by molar-refractivity contribution is 5.99. The Morgan fingerprint density at radius 3 is 2.44 bits per heavy atom. The molecule has 0 saturated carbocycles. The van der Waals surface area contributed by atoms with Gasteiger partial charge in [-0.05, 0) is 18.9 Å². The van der Waals surface area contributed by atoms with Crippen molar-refractivity contribution in [2.24, 2.45) is 0 Å². The molecule has 3 heteroatoms. The van der Waals surface area contributed by atoms with Gasteiger partial charge in [0.1, 0.15) is 0 Å². The van der Waals surface area contributed by atoms with E-state index in [9.17, 15) is 4.79 Å². The average molecular weight is 247 g/mol. The first-order valence-corrected chi connectivity index (χ1v) is 6.67. The maximum Gasteiger partial charge on any atom is 0.179 e. The molecule has 0 aliphatic carbocycles. The van der Waals surface area contributed by atoms with E-state index in [2.05, 4.69) is 11.8 Å². The summed E-state index contributed by atoms with van der Waals surface area (Å²) in [7, 11) is 0. The predicted molar refractivity (Wildman–Crippen MR) is 72.0 cm³/mol. The summed E-state index contributed by atoms with van der Waals surface area (Å²) < 4.78 is 5.31. The largest absolute Gasteiger partial charge is 0.379 e. The standard InChI is InChI=1S/C15H21NO2/c1-3-13-4-6-14(7-5-13)15(17)12(2)16-8-10-18-11-9-16/h4-7,12H,3,8-11H2,1-2H3. The number of nitrogens with zero attached hydrogens (tertiary/aromatic N) is 1. The van der Waals surface area contributed by atoms with Gasteiger partial charge in [0.05, 0.1) is 19.3 Å². The number of rotatable bonds is 4. The molecule has 18 heavy (non-hydrogen) atoms. The molecular weight excluding hydrogens is 226 g/mol. The Hall–Kier alpha value is -1.19. The predicted octanol–water partition coefficient (Wildman–Crippen LogP) is 2.15. The Balaban J connectivity index is 2.04. The van der Waals surface area contributed by atoms with Gasteiger partial charge in [0, 0.05) is 18.7 Å². The van der Waals surface area contributed by atoms with Crippen molar-refractivity contribution in [2.75, 3.05) is 26.3 Å². The number of carbonyl (C=O) groups is 1. The van der Waals surface area contributed by atoms with Gasteiger partial charge in [0.2, 0.25) is 0 Å². The third-order valence-electron chi connectivity index (χ3n) is 3.62. The molecule has 98 valence electrons. The highest BCUT2D eigenvalue weighted by Crippen LogP contribution is 2.12. The quantitative estimate of drug-likeness (QED) is 0.764. The molecule has 1 heterocycles. The normalized spacial score (nSPS) is 18.6. The molecule has 0 amide bonds. The van der Waals surface area contributed by atoms with Gasteiger partial charge < -0.3 is 4.74 Å². The number of hydrogen-bond acceptors (Lipinski definition) is 3. The Labute approximate surface area is 109 Å². The number of carbonyl (C=O) groups excluding carboxylic acids is 1. The minimum absolute atomic E-state index is 0.0543. The lowest BCUT2D eigenvalue weighted by molar-refractivity contribution is 0.0208. The van der Waals surface area contributed by atoms with Crippen LogP contribution in [-0.4, -0.2) is 43.0 Å². The van der Waals surface area contributed by atoms with E-state index in [1.807, 2.05) is 31.2 Å². The number of aryl methyl sites for hydroxylation is 1. The molecule has 1 aliphatic heterocycles. The van der Waals surface area contributed by atoms with E-state index < -0.39 is 0 Å². The van der Waals surface area contributed by atoms with Gasteiger partial charge in [0.15, 0.2) is 5.78 Å². The first-order valence-electron chi connectivity index (χ1n) is 6.67. The van der Waals surface area contributed by atoms with Crippen molar-refractivity contribution in [3.8, 4) is 0 Å². The number of benzene rings is 1. The van der Waals surface area contributed by atoms with Crippen LogP contribution >= 0.6 is 0 Å². The Kier molecular flexibility index (Phi) is 4.50. The molecule has 2 rings (SSSR count). The van der Waals surface area contributed by atoms with E-state index in [0.717, 1.165) is 38.3 Å². The van der Waals surface area contributed by atoms with Gasteiger partial charge in [-0.1, -0.05) is 31.2 Å². The average Bonchev–Trinajstić information content (AvgIpc) is 2.47. The zero-order valence-corrected chi connectivity index (χ0v) is 11.2. The third kappa shape index (κ3) is 2.98. The van der Waals surface area contributed by atoms with E-state index in [4.69, 9.17) is 4.74 Å². The first-order chi connectivity index (χ1) is 8.72. The van der Waals surface area contributed by atoms with Gasteiger partial charge in [-0.2, -0.15) is 0 Å². The van der Waals surface area contributed by atoms with Crippen molar-refractivity contribution in [1.29, 1.82) is 0 Å². The second-order valence-corrected chi connectivity index (χ2v) is 4.74. The minimum atomic E-state index is -0.0543. The van der Waals surface area contributed by atoms with Crippen LogP contribution in [0, 0.1) is 0 Å². The van der Waals surface area contributed by atoms with Crippen LogP contribution in [0.15, 0.2) is 24.3 Å². The van der Waals surface area contributed by atoms with Crippen LogP contribution in [-0.2, 0) is 11.2 Å². The summed E-state index contributed by atoms with van der Waals surface area (Å²) >= 11 is 0. The van der Waals surface area contributed by atoms with E-state index in [-0.39, 0.29) is 11.8 Å². The van der Waals surface area contributed by atoms with Crippen LogP contribution in [0.1, 0.15) is 29.8 Å². The molecule has 1 unspecified atom stereocenters. The van der Waals surface area contributed by atoms with E-state index in [1.54, 1.807) is 0 Å². The highest BCUT2D eigenvalue weighted by Gasteiger charge is 2.23. The number of Topliss-reactive ketones (excluding diaryl/α,β-unsaturated/α-hetero) is 1. The van der Waals surface area contributed by atoms with Crippen LogP contribution in [0.5, 0.6) is 0 Å². The number of morpholine rings is 1. The van der Waals surface area contributed by atoms with Gasteiger partial charge in [-0.25, -0.2) is 0 Å². The number of hydrogen-bond donors (Lipinski definition) is 0. The summed E-state index contributed by atoms with van der Waals surface area (Å²) in [5, 5.41) is 0. The molecule has 1 aliphatic rings. The smallest absolute Gasteiger partial charge is 0.179 e. The molecule has 1 aromatic rings. The zero-order valence-electron chi connectivity index (χ0n) is 11.2. The molecular formula is C15H21NO2. The molecule has 1 saturated heterocycles. The maximum atomic E-state index is 12.4.